The van der Waals surface area contributed by atoms with Crippen LogP contribution in [0.1, 0.15) is 50.5 Å². The number of aromatic nitrogens is 1. The van der Waals surface area contributed by atoms with Gasteiger partial charge in [0, 0.05) is 37.5 Å². The minimum absolute atomic E-state index is 0.0585. The molecule has 0 saturated carbocycles. The lowest BCUT2D eigenvalue weighted by molar-refractivity contribution is 0.0934. The van der Waals surface area contributed by atoms with Gasteiger partial charge in [-0.05, 0) is 29.9 Å². The SMILES string of the molecule is CCC(NC(=O)c1cn(CCOC)cc(C(=O)NCCc2ccccc2)c1=O)c1cccs1. The van der Waals surface area contributed by atoms with E-state index in [-0.39, 0.29) is 17.2 Å². The summed E-state index contributed by atoms with van der Waals surface area (Å²) in [5, 5.41) is 7.68. The van der Waals surface area contributed by atoms with E-state index in [1.54, 1.807) is 23.0 Å². The smallest absolute Gasteiger partial charge is 0.257 e. The van der Waals surface area contributed by atoms with Gasteiger partial charge in [-0.1, -0.05) is 43.3 Å². The van der Waals surface area contributed by atoms with Gasteiger partial charge in [-0.15, -0.1) is 11.3 Å². The number of benzene rings is 1. The lowest BCUT2D eigenvalue weighted by atomic mass is 10.1. The minimum atomic E-state index is -0.584. The van der Waals surface area contributed by atoms with Crippen LogP contribution in [0.3, 0.4) is 0 Å². The van der Waals surface area contributed by atoms with E-state index in [0.29, 0.717) is 32.5 Å². The first-order valence-corrected chi connectivity index (χ1v) is 11.8. The Morgan fingerprint density at radius 3 is 2.42 bits per heavy atom. The van der Waals surface area contributed by atoms with Gasteiger partial charge < -0.3 is 19.9 Å². The van der Waals surface area contributed by atoms with Crippen LogP contribution in [0, 0.1) is 0 Å². The summed E-state index contributed by atoms with van der Waals surface area (Å²) >= 11 is 1.55. The van der Waals surface area contributed by atoms with E-state index in [2.05, 4.69) is 10.6 Å². The van der Waals surface area contributed by atoms with Crippen molar-refractivity contribution in [3.05, 3.63) is 92.0 Å². The number of rotatable bonds is 11. The number of nitrogens with zero attached hydrogens (tertiary/aromatic N) is 1. The molecule has 1 atom stereocenters. The molecule has 0 radical (unpaired) electrons. The van der Waals surface area contributed by atoms with Crippen LogP contribution in [-0.2, 0) is 17.7 Å². The van der Waals surface area contributed by atoms with Gasteiger partial charge in [0.25, 0.3) is 11.8 Å². The average Bonchev–Trinajstić information content (AvgIpc) is 3.37. The number of amides is 2. The Labute approximate surface area is 197 Å². The fourth-order valence-electron chi connectivity index (χ4n) is 3.44. The number of carbonyl (C=O) groups is 2. The second kappa shape index (κ2) is 12.1. The molecule has 0 aliphatic rings. The molecule has 0 saturated heterocycles. The Morgan fingerprint density at radius 2 is 1.79 bits per heavy atom. The molecule has 2 N–H and O–H groups in total. The Kier molecular flexibility index (Phi) is 8.97. The zero-order chi connectivity index (χ0) is 23.6. The maximum Gasteiger partial charge on any atom is 0.257 e. The van der Waals surface area contributed by atoms with E-state index in [9.17, 15) is 14.4 Å². The molecule has 0 fully saturated rings. The number of ether oxygens (including phenoxy) is 1. The van der Waals surface area contributed by atoms with E-state index < -0.39 is 17.2 Å². The molecule has 1 unspecified atom stereocenters. The highest BCUT2D eigenvalue weighted by atomic mass is 32.1. The van der Waals surface area contributed by atoms with Gasteiger partial charge in [0.2, 0.25) is 5.43 Å². The summed E-state index contributed by atoms with van der Waals surface area (Å²) in [6.45, 7) is 3.14. The van der Waals surface area contributed by atoms with E-state index in [1.807, 2.05) is 54.8 Å². The highest BCUT2D eigenvalue weighted by Gasteiger charge is 2.22. The van der Waals surface area contributed by atoms with Crippen LogP contribution in [0.4, 0.5) is 0 Å². The normalized spacial score (nSPS) is 11.7. The summed E-state index contributed by atoms with van der Waals surface area (Å²) in [7, 11) is 1.57. The van der Waals surface area contributed by atoms with E-state index >= 15 is 0 Å². The minimum Gasteiger partial charge on any atom is -0.383 e. The molecule has 174 valence electrons. The zero-order valence-corrected chi connectivity index (χ0v) is 19.7. The van der Waals surface area contributed by atoms with Crippen molar-refractivity contribution in [2.75, 3.05) is 20.3 Å². The summed E-state index contributed by atoms with van der Waals surface area (Å²) in [4.78, 5) is 40.0. The van der Waals surface area contributed by atoms with Gasteiger partial charge in [-0.3, -0.25) is 14.4 Å². The molecule has 2 heterocycles. The number of hydrogen-bond donors (Lipinski definition) is 2. The molecule has 3 rings (SSSR count). The fraction of sp³-hybridized carbons (Fsp3) is 0.320. The van der Waals surface area contributed by atoms with Crippen LogP contribution in [-0.4, -0.2) is 36.6 Å². The molecular formula is C25H29N3O4S. The van der Waals surface area contributed by atoms with Crippen molar-refractivity contribution in [2.24, 2.45) is 0 Å². The highest BCUT2D eigenvalue weighted by molar-refractivity contribution is 7.10. The maximum atomic E-state index is 13.1. The molecule has 0 bridgehead atoms. The van der Waals surface area contributed by atoms with Gasteiger partial charge in [0.15, 0.2) is 0 Å². The Bertz CT molecular complexity index is 1110. The number of thiophene rings is 1. The summed E-state index contributed by atoms with van der Waals surface area (Å²) < 4.78 is 6.77. The summed E-state index contributed by atoms with van der Waals surface area (Å²) in [6.07, 6.45) is 4.29. The van der Waals surface area contributed by atoms with Gasteiger partial charge in [-0.25, -0.2) is 0 Å². The Hall–Kier alpha value is -3.23. The van der Waals surface area contributed by atoms with Crippen LogP contribution in [0.15, 0.2) is 65.0 Å². The first-order valence-electron chi connectivity index (χ1n) is 10.9. The third-order valence-electron chi connectivity index (χ3n) is 5.26. The molecular weight excluding hydrogens is 438 g/mol. The van der Waals surface area contributed by atoms with E-state index in [4.69, 9.17) is 4.74 Å². The van der Waals surface area contributed by atoms with Crippen molar-refractivity contribution in [1.29, 1.82) is 0 Å². The first-order chi connectivity index (χ1) is 16.0. The lowest BCUT2D eigenvalue weighted by Gasteiger charge is -2.17. The zero-order valence-electron chi connectivity index (χ0n) is 18.9. The fourth-order valence-corrected chi connectivity index (χ4v) is 4.30. The largest absolute Gasteiger partial charge is 0.383 e. The number of pyridine rings is 1. The molecule has 0 spiro atoms. The van der Waals surface area contributed by atoms with Gasteiger partial charge in [0.05, 0.1) is 12.6 Å². The number of hydrogen-bond acceptors (Lipinski definition) is 5. The molecule has 0 aliphatic carbocycles. The van der Waals surface area contributed by atoms with Crippen LogP contribution in [0.25, 0.3) is 0 Å². The molecule has 33 heavy (non-hydrogen) atoms. The van der Waals surface area contributed by atoms with Crippen LogP contribution in [0.2, 0.25) is 0 Å². The predicted molar refractivity (Wildman–Crippen MR) is 130 cm³/mol. The van der Waals surface area contributed by atoms with Gasteiger partial charge in [-0.2, -0.15) is 0 Å². The van der Waals surface area contributed by atoms with Crippen molar-refractivity contribution >= 4 is 23.2 Å². The van der Waals surface area contributed by atoms with Crippen LogP contribution in [0.5, 0.6) is 0 Å². The molecule has 2 aromatic heterocycles. The Balaban J connectivity index is 1.80. The third-order valence-corrected chi connectivity index (χ3v) is 6.25. The quantitative estimate of drug-likeness (QED) is 0.452. The summed E-state index contributed by atoms with van der Waals surface area (Å²) in [5.74, 6) is -0.993. The molecule has 0 aliphatic heterocycles. The molecule has 8 heteroatoms. The highest BCUT2D eigenvalue weighted by Crippen LogP contribution is 2.22. The summed E-state index contributed by atoms with van der Waals surface area (Å²) in [6, 6.07) is 13.4. The van der Waals surface area contributed by atoms with E-state index in [0.717, 1.165) is 10.4 Å². The maximum absolute atomic E-state index is 13.1. The monoisotopic (exact) mass is 467 g/mol. The molecule has 1 aromatic carbocycles. The van der Waals surface area contributed by atoms with Crippen molar-refractivity contribution in [1.82, 2.24) is 15.2 Å². The lowest BCUT2D eigenvalue weighted by Crippen LogP contribution is -2.37. The van der Waals surface area contributed by atoms with Crippen molar-refractivity contribution in [3.8, 4) is 0 Å². The second-order valence-electron chi connectivity index (χ2n) is 7.59. The number of nitrogens with one attached hydrogen (secondary N) is 2. The van der Waals surface area contributed by atoms with Crippen molar-refractivity contribution < 1.29 is 14.3 Å². The second-order valence-corrected chi connectivity index (χ2v) is 8.57. The summed E-state index contributed by atoms with van der Waals surface area (Å²) in [5.41, 5.74) is 0.384. The van der Waals surface area contributed by atoms with Crippen molar-refractivity contribution in [3.63, 3.8) is 0 Å². The molecule has 2 amide bonds. The number of methoxy groups -OCH3 is 1. The van der Waals surface area contributed by atoms with Gasteiger partial charge in [0.1, 0.15) is 11.1 Å². The van der Waals surface area contributed by atoms with Gasteiger partial charge >= 0.3 is 0 Å². The Morgan fingerprint density at radius 1 is 1.06 bits per heavy atom. The number of carbonyl (C=O) groups excluding carboxylic acids is 2. The van der Waals surface area contributed by atoms with Crippen molar-refractivity contribution in [2.45, 2.75) is 32.4 Å². The third kappa shape index (κ3) is 6.63. The van der Waals surface area contributed by atoms with E-state index in [1.165, 1.54) is 12.4 Å². The molecule has 3 aromatic rings. The topological polar surface area (TPSA) is 89.4 Å². The molecule has 7 nitrogen and oxygen atoms in total. The average molecular weight is 468 g/mol. The predicted octanol–water partition coefficient (Wildman–Crippen LogP) is 3.41. The van der Waals surface area contributed by atoms with Crippen LogP contribution >= 0.6 is 11.3 Å². The standard InChI is InChI=1S/C25H29N3O4S/c1-3-21(22-10-7-15-33-22)27-25(31)20-17-28(13-14-32-2)16-19(23(20)29)24(30)26-12-11-18-8-5-4-6-9-18/h4-10,15-17,21H,3,11-14H2,1-2H3,(H,26,30)(H,27,31). The first kappa shape index (κ1) is 24.4. The van der Waals surface area contributed by atoms with Crippen LogP contribution < -0.4 is 16.1 Å².